The lowest BCUT2D eigenvalue weighted by molar-refractivity contribution is -0.116. The molecule has 0 aliphatic carbocycles. The first-order valence-corrected chi connectivity index (χ1v) is 9.31. The highest BCUT2D eigenvalue weighted by molar-refractivity contribution is 7.14. The summed E-state index contributed by atoms with van der Waals surface area (Å²) in [5.41, 5.74) is 3.67. The maximum absolute atomic E-state index is 12.3. The number of aromatic nitrogens is 2. The van der Waals surface area contributed by atoms with Crippen molar-refractivity contribution in [2.24, 2.45) is 0 Å². The van der Waals surface area contributed by atoms with Crippen molar-refractivity contribution < 1.29 is 4.79 Å². The van der Waals surface area contributed by atoms with Gasteiger partial charge in [-0.3, -0.25) is 9.59 Å². The zero-order valence-corrected chi connectivity index (χ0v) is 15.8. The molecule has 0 aliphatic rings. The number of pyridine rings is 1. The number of amides is 1. The summed E-state index contributed by atoms with van der Waals surface area (Å²) >= 11 is 1.38. The SMILES string of the molecule is Cc1[nH]c(=O)c(C#N)c(C)c1CCC(=O)Nc1nc(-c2ccccc2)cs1. The van der Waals surface area contributed by atoms with Gasteiger partial charge in [-0.25, -0.2) is 4.98 Å². The van der Waals surface area contributed by atoms with E-state index >= 15 is 0 Å². The highest BCUT2D eigenvalue weighted by Crippen LogP contribution is 2.24. The molecule has 27 heavy (non-hydrogen) atoms. The highest BCUT2D eigenvalue weighted by atomic mass is 32.1. The van der Waals surface area contributed by atoms with Crippen LogP contribution >= 0.6 is 11.3 Å². The Hall–Kier alpha value is -3.24. The lowest BCUT2D eigenvalue weighted by Crippen LogP contribution is -2.18. The Bertz CT molecular complexity index is 1080. The molecular weight excluding hydrogens is 360 g/mol. The van der Waals surface area contributed by atoms with Gasteiger partial charge >= 0.3 is 0 Å². The Balaban J connectivity index is 1.67. The Morgan fingerprint density at radius 2 is 2.04 bits per heavy atom. The van der Waals surface area contributed by atoms with Crippen LogP contribution in [0.25, 0.3) is 11.3 Å². The number of H-pyrrole nitrogens is 1. The number of hydrogen-bond acceptors (Lipinski definition) is 5. The number of nitrogens with zero attached hydrogens (tertiary/aromatic N) is 2. The second kappa shape index (κ2) is 7.98. The number of carbonyl (C=O) groups excluding carboxylic acids is 1. The minimum Gasteiger partial charge on any atom is -0.325 e. The van der Waals surface area contributed by atoms with E-state index in [1.165, 1.54) is 11.3 Å². The molecule has 0 bridgehead atoms. The molecular formula is C20H18N4O2S. The van der Waals surface area contributed by atoms with Crippen molar-refractivity contribution in [3.8, 4) is 17.3 Å². The summed E-state index contributed by atoms with van der Waals surface area (Å²) in [4.78, 5) is 31.2. The molecule has 3 aromatic rings. The minimum absolute atomic E-state index is 0.100. The minimum atomic E-state index is -0.392. The molecule has 3 rings (SSSR count). The smallest absolute Gasteiger partial charge is 0.266 e. The fraction of sp³-hybridized carbons (Fsp3) is 0.200. The first-order valence-electron chi connectivity index (χ1n) is 8.43. The normalized spacial score (nSPS) is 10.4. The van der Waals surface area contributed by atoms with Gasteiger partial charge in [-0.05, 0) is 31.4 Å². The van der Waals surface area contributed by atoms with E-state index in [2.05, 4.69) is 15.3 Å². The van der Waals surface area contributed by atoms with Crippen molar-refractivity contribution in [2.75, 3.05) is 5.32 Å². The molecule has 0 spiro atoms. The number of aromatic amines is 1. The molecule has 0 radical (unpaired) electrons. The third-order valence-electron chi connectivity index (χ3n) is 4.34. The summed E-state index contributed by atoms with van der Waals surface area (Å²) in [6.45, 7) is 3.51. The van der Waals surface area contributed by atoms with Gasteiger partial charge in [0.25, 0.3) is 5.56 Å². The first kappa shape index (κ1) is 18.5. The summed E-state index contributed by atoms with van der Waals surface area (Å²) in [6.07, 6.45) is 0.671. The second-order valence-electron chi connectivity index (χ2n) is 6.12. The number of benzene rings is 1. The van der Waals surface area contributed by atoms with Crippen LogP contribution in [0.4, 0.5) is 5.13 Å². The van der Waals surface area contributed by atoms with Crippen LogP contribution in [0.15, 0.2) is 40.5 Å². The lowest BCUT2D eigenvalue weighted by Gasteiger charge is -2.10. The topological polar surface area (TPSA) is 98.6 Å². The van der Waals surface area contributed by atoms with E-state index in [0.29, 0.717) is 22.8 Å². The molecule has 0 atom stereocenters. The van der Waals surface area contributed by atoms with Crippen molar-refractivity contribution in [3.63, 3.8) is 0 Å². The van der Waals surface area contributed by atoms with Crippen LogP contribution in [0.3, 0.4) is 0 Å². The van der Waals surface area contributed by atoms with Gasteiger partial charge in [-0.15, -0.1) is 11.3 Å². The van der Waals surface area contributed by atoms with Crippen LogP contribution < -0.4 is 10.9 Å². The number of thiazole rings is 1. The van der Waals surface area contributed by atoms with Crippen LogP contribution in [0, 0.1) is 25.2 Å². The van der Waals surface area contributed by atoms with Crippen LogP contribution in [-0.2, 0) is 11.2 Å². The predicted octanol–water partition coefficient (Wildman–Crippen LogP) is 3.56. The molecule has 136 valence electrons. The number of anilines is 1. The van der Waals surface area contributed by atoms with Gasteiger partial charge in [0.1, 0.15) is 11.6 Å². The van der Waals surface area contributed by atoms with Crippen LogP contribution in [-0.4, -0.2) is 15.9 Å². The van der Waals surface area contributed by atoms with Gasteiger partial charge in [0.15, 0.2) is 5.13 Å². The predicted molar refractivity (Wildman–Crippen MR) is 106 cm³/mol. The van der Waals surface area contributed by atoms with E-state index in [1.54, 1.807) is 13.8 Å². The lowest BCUT2D eigenvalue weighted by atomic mass is 9.99. The van der Waals surface area contributed by atoms with Crippen molar-refractivity contribution in [2.45, 2.75) is 26.7 Å². The summed E-state index contributed by atoms with van der Waals surface area (Å²) in [7, 11) is 0. The quantitative estimate of drug-likeness (QED) is 0.709. The Morgan fingerprint density at radius 1 is 1.30 bits per heavy atom. The monoisotopic (exact) mass is 378 g/mol. The Labute approximate surface area is 160 Å². The van der Waals surface area contributed by atoms with Gasteiger partial charge in [-0.2, -0.15) is 5.26 Å². The van der Waals surface area contributed by atoms with Crippen LogP contribution in [0.5, 0.6) is 0 Å². The first-order chi connectivity index (χ1) is 13.0. The molecule has 0 saturated carbocycles. The van der Waals surface area contributed by atoms with E-state index in [4.69, 9.17) is 5.26 Å². The van der Waals surface area contributed by atoms with Gasteiger partial charge in [0.2, 0.25) is 5.91 Å². The molecule has 0 aliphatic heterocycles. The molecule has 0 saturated heterocycles. The fourth-order valence-electron chi connectivity index (χ4n) is 2.91. The summed E-state index contributed by atoms with van der Waals surface area (Å²) in [5, 5.41) is 14.4. The van der Waals surface area contributed by atoms with Gasteiger partial charge in [-0.1, -0.05) is 30.3 Å². The molecule has 2 N–H and O–H groups in total. The zero-order chi connectivity index (χ0) is 19.4. The molecule has 2 aromatic heterocycles. The second-order valence-corrected chi connectivity index (χ2v) is 6.98. The average molecular weight is 378 g/mol. The number of nitrogens with one attached hydrogen (secondary N) is 2. The number of nitriles is 1. The van der Waals surface area contributed by atoms with E-state index in [-0.39, 0.29) is 17.9 Å². The van der Waals surface area contributed by atoms with E-state index in [0.717, 1.165) is 16.8 Å². The van der Waals surface area contributed by atoms with E-state index in [1.807, 2.05) is 41.8 Å². The fourth-order valence-corrected chi connectivity index (χ4v) is 3.65. The molecule has 6 nitrogen and oxygen atoms in total. The van der Waals surface area contributed by atoms with Crippen LogP contribution in [0.1, 0.15) is 28.8 Å². The Morgan fingerprint density at radius 3 is 2.74 bits per heavy atom. The molecule has 0 fully saturated rings. The zero-order valence-electron chi connectivity index (χ0n) is 15.0. The van der Waals surface area contributed by atoms with Crippen molar-refractivity contribution in [1.82, 2.24) is 9.97 Å². The van der Waals surface area contributed by atoms with Gasteiger partial charge < -0.3 is 10.3 Å². The average Bonchev–Trinajstić information content (AvgIpc) is 3.10. The Kier molecular flexibility index (Phi) is 5.48. The van der Waals surface area contributed by atoms with Crippen LogP contribution in [0.2, 0.25) is 0 Å². The number of rotatable bonds is 5. The molecule has 1 amide bonds. The number of carbonyl (C=O) groups is 1. The van der Waals surface area contributed by atoms with Crippen molar-refractivity contribution >= 4 is 22.4 Å². The summed E-state index contributed by atoms with van der Waals surface area (Å²) in [6, 6.07) is 11.7. The molecule has 7 heteroatoms. The highest BCUT2D eigenvalue weighted by Gasteiger charge is 2.14. The molecule has 2 heterocycles. The summed E-state index contributed by atoms with van der Waals surface area (Å²) < 4.78 is 0. The van der Waals surface area contributed by atoms with Gasteiger partial charge in [0.05, 0.1) is 5.69 Å². The maximum Gasteiger partial charge on any atom is 0.266 e. The third kappa shape index (κ3) is 4.13. The largest absolute Gasteiger partial charge is 0.325 e. The third-order valence-corrected chi connectivity index (χ3v) is 5.10. The number of hydrogen-bond donors (Lipinski definition) is 2. The van der Waals surface area contributed by atoms with Crippen molar-refractivity contribution in [3.05, 3.63) is 68.4 Å². The maximum atomic E-state index is 12.3. The molecule has 1 aromatic carbocycles. The standard InChI is InChI=1S/C20H18N4O2S/c1-12-15(13(2)22-19(26)16(12)10-21)8-9-18(25)24-20-23-17(11-27-20)14-6-4-3-5-7-14/h3-7,11H,8-9H2,1-2H3,(H,22,26)(H,23,24,25). The van der Waals surface area contributed by atoms with Gasteiger partial charge in [0, 0.05) is 23.1 Å². The number of aryl methyl sites for hydroxylation is 1. The molecule has 0 unspecified atom stereocenters. The van der Waals surface area contributed by atoms with Crippen molar-refractivity contribution in [1.29, 1.82) is 5.26 Å². The van der Waals surface area contributed by atoms with E-state index in [9.17, 15) is 9.59 Å². The van der Waals surface area contributed by atoms with E-state index < -0.39 is 5.56 Å². The summed E-state index contributed by atoms with van der Waals surface area (Å²) in [5.74, 6) is -0.160.